The third kappa shape index (κ3) is 1.46. The molecule has 4 N–H and O–H groups in total. The first kappa shape index (κ1) is 6.05. The molecule has 1 fully saturated rings. The van der Waals surface area contributed by atoms with E-state index in [-0.39, 0.29) is 5.66 Å². The van der Waals surface area contributed by atoms with E-state index >= 15 is 0 Å². The van der Waals surface area contributed by atoms with Gasteiger partial charge in [0.05, 0.1) is 5.66 Å². The summed E-state index contributed by atoms with van der Waals surface area (Å²) in [6.07, 6.45) is 6.33. The largest absolute Gasteiger partial charge is 0.313 e. The summed E-state index contributed by atoms with van der Waals surface area (Å²) in [4.78, 5) is 0. The molecule has 1 saturated carbocycles. The number of hydrogen-bond donors (Lipinski definition) is 2. The molecule has 2 heteroatoms. The van der Waals surface area contributed by atoms with E-state index in [0.717, 1.165) is 25.7 Å². The second-order valence-corrected chi connectivity index (χ2v) is 2.60. The van der Waals surface area contributed by atoms with Crippen molar-refractivity contribution in [2.24, 2.45) is 11.5 Å². The Morgan fingerprint density at radius 2 is 1.62 bits per heavy atom. The van der Waals surface area contributed by atoms with Crippen LogP contribution in [0.3, 0.4) is 0 Å². The second kappa shape index (κ2) is 2.03. The minimum atomic E-state index is -0.352. The van der Waals surface area contributed by atoms with Crippen molar-refractivity contribution in [2.75, 3.05) is 0 Å². The van der Waals surface area contributed by atoms with E-state index in [1.165, 1.54) is 0 Å². The molecule has 0 heterocycles. The summed E-state index contributed by atoms with van der Waals surface area (Å²) in [5.74, 6) is 0. The maximum absolute atomic E-state index is 5.64. The third-order valence-corrected chi connectivity index (χ3v) is 1.63. The maximum atomic E-state index is 5.64. The molecule has 0 amide bonds. The van der Waals surface area contributed by atoms with Crippen LogP contribution in [-0.2, 0) is 0 Å². The van der Waals surface area contributed by atoms with Gasteiger partial charge in [0.2, 0.25) is 0 Å². The van der Waals surface area contributed by atoms with Crippen molar-refractivity contribution in [2.45, 2.75) is 31.3 Å². The second-order valence-electron chi connectivity index (χ2n) is 2.60. The first-order valence-corrected chi connectivity index (χ1v) is 3.10. The van der Waals surface area contributed by atoms with Crippen molar-refractivity contribution >= 4 is 0 Å². The molecular weight excluding hydrogens is 100 g/mol. The Balaban J connectivity index is 2.33. The molecule has 0 aromatic carbocycles. The fourth-order valence-electron chi connectivity index (χ4n) is 1.01. The first-order chi connectivity index (χ1) is 3.71. The average molecular weight is 113 g/mol. The molecule has 47 valence electrons. The van der Waals surface area contributed by atoms with E-state index in [2.05, 4.69) is 6.42 Å². The molecule has 1 aliphatic rings. The molecule has 2 nitrogen and oxygen atoms in total. The van der Waals surface area contributed by atoms with Crippen molar-refractivity contribution in [3.63, 3.8) is 0 Å². The Bertz CT molecular complexity index is 70.6. The zero-order valence-electron chi connectivity index (χ0n) is 5.06. The Morgan fingerprint density at radius 3 is 1.88 bits per heavy atom. The van der Waals surface area contributed by atoms with Crippen molar-refractivity contribution in [3.05, 3.63) is 6.42 Å². The van der Waals surface area contributed by atoms with Crippen molar-refractivity contribution in [1.82, 2.24) is 0 Å². The fourth-order valence-corrected chi connectivity index (χ4v) is 1.01. The normalized spacial score (nSPS) is 27.8. The average Bonchev–Trinajstić information content (AvgIpc) is 1.65. The van der Waals surface area contributed by atoms with Gasteiger partial charge in [-0.1, -0.05) is 0 Å². The van der Waals surface area contributed by atoms with Crippen LogP contribution in [0.25, 0.3) is 0 Å². The minimum absolute atomic E-state index is 0.352. The highest BCUT2D eigenvalue weighted by Crippen LogP contribution is 2.19. The highest BCUT2D eigenvalue weighted by atomic mass is 14.9. The number of rotatable bonds is 0. The predicted molar refractivity (Wildman–Crippen MR) is 33.9 cm³/mol. The van der Waals surface area contributed by atoms with Gasteiger partial charge in [0.1, 0.15) is 0 Å². The molecule has 1 aliphatic carbocycles. The third-order valence-electron chi connectivity index (χ3n) is 1.63. The van der Waals surface area contributed by atoms with Gasteiger partial charge in [-0.3, -0.25) is 0 Å². The summed E-state index contributed by atoms with van der Waals surface area (Å²) in [5, 5.41) is 0. The quantitative estimate of drug-likeness (QED) is 0.446. The van der Waals surface area contributed by atoms with E-state index in [4.69, 9.17) is 11.5 Å². The van der Waals surface area contributed by atoms with Gasteiger partial charge in [-0.2, -0.15) is 0 Å². The topological polar surface area (TPSA) is 52.0 Å². The highest BCUT2D eigenvalue weighted by molar-refractivity contribution is 4.87. The Labute approximate surface area is 50.2 Å². The van der Waals surface area contributed by atoms with Gasteiger partial charge in [0.25, 0.3) is 0 Å². The Kier molecular flexibility index (Phi) is 1.54. The van der Waals surface area contributed by atoms with E-state index in [0.29, 0.717) is 0 Å². The highest BCUT2D eigenvalue weighted by Gasteiger charge is 2.21. The van der Waals surface area contributed by atoms with Crippen molar-refractivity contribution in [3.8, 4) is 0 Å². The molecule has 0 aromatic rings. The summed E-state index contributed by atoms with van der Waals surface area (Å²) in [6, 6.07) is 0. The van der Waals surface area contributed by atoms with Crippen LogP contribution < -0.4 is 11.5 Å². The summed E-state index contributed by atoms with van der Waals surface area (Å²) < 4.78 is 0. The lowest BCUT2D eigenvalue weighted by molar-refractivity contribution is 0.343. The molecule has 0 unspecified atom stereocenters. The lowest BCUT2D eigenvalue weighted by Gasteiger charge is -2.28. The molecule has 1 radical (unpaired) electrons. The van der Waals surface area contributed by atoms with Crippen LogP contribution >= 0.6 is 0 Å². The van der Waals surface area contributed by atoms with Crippen LogP contribution in [0.4, 0.5) is 0 Å². The van der Waals surface area contributed by atoms with Gasteiger partial charge >= 0.3 is 0 Å². The summed E-state index contributed by atoms with van der Waals surface area (Å²) >= 11 is 0. The Morgan fingerprint density at radius 1 is 1.12 bits per heavy atom. The molecule has 0 atom stereocenters. The number of nitrogens with two attached hydrogens (primary N) is 2. The van der Waals surface area contributed by atoms with Crippen LogP contribution in [-0.4, -0.2) is 5.66 Å². The molecule has 0 aromatic heterocycles. The maximum Gasteiger partial charge on any atom is 0.0636 e. The van der Waals surface area contributed by atoms with E-state index < -0.39 is 0 Å². The van der Waals surface area contributed by atoms with Crippen LogP contribution in [0, 0.1) is 6.42 Å². The van der Waals surface area contributed by atoms with Crippen molar-refractivity contribution < 1.29 is 0 Å². The molecule has 8 heavy (non-hydrogen) atoms. The van der Waals surface area contributed by atoms with Crippen LogP contribution in [0.5, 0.6) is 0 Å². The zero-order valence-corrected chi connectivity index (χ0v) is 5.06. The zero-order chi connectivity index (χ0) is 6.04. The van der Waals surface area contributed by atoms with E-state index in [1.807, 2.05) is 0 Å². The van der Waals surface area contributed by atoms with Gasteiger partial charge in [0, 0.05) is 0 Å². The summed E-state index contributed by atoms with van der Waals surface area (Å²) in [5.41, 5.74) is 10.9. The molecule has 0 bridgehead atoms. The summed E-state index contributed by atoms with van der Waals surface area (Å²) in [7, 11) is 0. The standard InChI is InChI=1S/C6H13N2/c7-6(8)4-2-1-3-5-6/h1H,2-5,7-8H2. The van der Waals surface area contributed by atoms with Crippen LogP contribution in [0.1, 0.15) is 25.7 Å². The molecule has 0 saturated heterocycles. The molecular formula is C6H13N2. The smallest absolute Gasteiger partial charge is 0.0636 e. The lowest BCUT2D eigenvalue weighted by atomic mass is 9.91. The van der Waals surface area contributed by atoms with Gasteiger partial charge in [-0.15, -0.1) is 0 Å². The van der Waals surface area contributed by atoms with Crippen molar-refractivity contribution in [1.29, 1.82) is 0 Å². The number of hydrogen-bond acceptors (Lipinski definition) is 2. The molecule has 0 spiro atoms. The molecule has 1 rings (SSSR count). The van der Waals surface area contributed by atoms with Gasteiger partial charge in [0.15, 0.2) is 0 Å². The van der Waals surface area contributed by atoms with Crippen LogP contribution in [0.15, 0.2) is 0 Å². The molecule has 0 aliphatic heterocycles. The summed E-state index contributed by atoms with van der Waals surface area (Å²) in [6.45, 7) is 0. The van der Waals surface area contributed by atoms with Crippen LogP contribution in [0.2, 0.25) is 0 Å². The first-order valence-electron chi connectivity index (χ1n) is 3.10. The van der Waals surface area contributed by atoms with E-state index in [9.17, 15) is 0 Å². The predicted octanol–water partition coefficient (Wildman–Crippen LogP) is 0.378. The van der Waals surface area contributed by atoms with Gasteiger partial charge in [-0.05, 0) is 32.1 Å². The lowest BCUT2D eigenvalue weighted by Crippen LogP contribution is -2.50. The van der Waals surface area contributed by atoms with E-state index in [1.54, 1.807) is 0 Å². The fraction of sp³-hybridized carbons (Fsp3) is 0.833. The van der Waals surface area contributed by atoms with Gasteiger partial charge < -0.3 is 11.5 Å². The minimum Gasteiger partial charge on any atom is -0.313 e. The monoisotopic (exact) mass is 113 g/mol. The van der Waals surface area contributed by atoms with Gasteiger partial charge in [-0.25, -0.2) is 0 Å². The SMILES string of the molecule is NC1(N)CC[CH]CC1. The Hall–Kier alpha value is -0.0800.